The first kappa shape index (κ1) is 16.2. The minimum absolute atomic E-state index is 0.0450. The third-order valence-electron chi connectivity index (χ3n) is 3.71. The Morgan fingerprint density at radius 1 is 1.43 bits per heavy atom. The first-order chi connectivity index (χ1) is 9.83. The molecule has 8 heteroatoms. The number of aliphatic hydroxyl groups excluding tert-OH is 1. The number of hydrogen-bond acceptors (Lipinski definition) is 5. The van der Waals surface area contributed by atoms with Gasteiger partial charge in [0, 0.05) is 20.3 Å². The molecule has 1 unspecified atom stereocenters. The standard InChI is InChI=1S/C13H21N3O4S/c1-16(2)21(18,19)15-13(9-4-11(17)5-9)10-6-12(20-3)8-14-7-10/h6-9,11,13,15,17H,4-5H2,1-3H3. The van der Waals surface area contributed by atoms with Crippen molar-refractivity contribution in [3.05, 3.63) is 24.0 Å². The monoisotopic (exact) mass is 315 g/mol. The van der Waals surface area contributed by atoms with E-state index in [0.717, 1.165) is 9.87 Å². The Morgan fingerprint density at radius 2 is 2.10 bits per heavy atom. The average molecular weight is 315 g/mol. The summed E-state index contributed by atoms with van der Waals surface area (Å²) < 4.78 is 33.1. The number of methoxy groups -OCH3 is 1. The maximum absolute atomic E-state index is 12.1. The van der Waals surface area contributed by atoms with Crippen molar-refractivity contribution in [1.82, 2.24) is 14.0 Å². The molecule has 0 spiro atoms. The van der Waals surface area contributed by atoms with Crippen LogP contribution in [-0.2, 0) is 10.2 Å². The van der Waals surface area contributed by atoms with Crippen LogP contribution in [0.1, 0.15) is 24.4 Å². The second kappa shape index (κ2) is 6.27. The van der Waals surface area contributed by atoms with E-state index in [1.807, 2.05) is 0 Å². The maximum atomic E-state index is 12.1. The predicted molar refractivity (Wildman–Crippen MR) is 78.0 cm³/mol. The zero-order valence-corrected chi connectivity index (χ0v) is 13.2. The Balaban J connectivity index is 2.28. The Morgan fingerprint density at radius 3 is 2.62 bits per heavy atom. The number of nitrogens with zero attached hydrogens (tertiary/aromatic N) is 2. The highest BCUT2D eigenvalue weighted by atomic mass is 32.2. The summed E-state index contributed by atoms with van der Waals surface area (Å²) in [6.45, 7) is 0. The predicted octanol–water partition coefficient (Wildman–Crippen LogP) is 0.298. The highest BCUT2D eigenvalue weighted by Gasteiger charge is 2.37. The van der Waals surface area contributed by atoms with E-state index in [1.54, 1.807) is 18.5 Å². The van der Waals surface area contributed by atoms with Gasteiger partial charge in [0.15, 0.2) is 0 Å². The summed E-state index contributed by atoms with van der Waals surface area (Å²) >= 11 is 0. The Hall–Kier alpha value is -1.22. The van der Waals surface area contributed by atoms with Gasteiger partial charge in [0.2, 0.25) is 0 Å². The van der Waals surface area contributed by atoms with E-state index >= 15 is 0 Å². The molecule has 118 valence electrons. The smallest absolute Gasteiger partial charge is 0.279 e. The highest BCUT2D eigenvalue weighted by Crippen LogP contribution is 2.39. The van der Waals surface area contributed by atoms with E-state index in [9.17, 15) is 13.5 Å². The van der Waals surface area contributed by atoms with E-state index in [1.165, 1.54) is 21.2 Å². The van der Waals surface area contributed by atoms with Gasteiger partial charge in [-0.05, 0) is 30.4 Å². The third kappa shape index (κ3) is 3.70. The molecule has 0 aromatic carbocycles. The number of nitrogens with one attached hydrogen (secondary N) is 1. The Labute approximate surface area is 125 Å². The molecule has 0 saturated heterocycles. The third-order valence-corrected chi connectivity index (χ3v) is 5.22. The highest BCUT2D eigenvalue weighted by molar-refractivity contribution is 7.87. The maximum Gasteiger partial charge on any atom is 0.279 e. The van der Waals surface area contributed by atoms with Crippen molar-refractivity contribution in [2.24, 2.45) is 5.92 Å². The Bertz CT molecular complexity index is 585. The molecule has 7 nitrogen and oxygen atoms in total. The summed E-state index contributed by atoms with van der Waals surface area (Å²) in [7, 11) is 0.906. The SMILES string of the molecule is COc1cncc(C(NS(=O)(=O)N(C)C)C2CC(O)C2)c1. The van der Waals surface area contributed by atoms with Crippen LogP contribution in [0.25, 0.3) is 0 Å². The fraction of sp³-hybridized carbons (Fsp3) is 0.615. The fourth-order valence-corrected chi connectivity index (χ4v) is 3.18. The number of ether oxygens (including phenoxy) is 1. The van der Waals surface area contributed by atoms with Gasteiger partial charge < -0.3 is 9.84 Å². The van der Waals surface area contributed by atoms with Gasteiger partial charge in [0.1, 0.15) is 5.75 Å². The van der Waals surface area contributed by atoms with Gasteiger partial charge in [0.05, 0.1) is 25.5 Å². The first-order valence-corrected chi connectivity index (χ1v) is 8.14. The lowest BCUT2D eigenvalue weighted by atomic mass is 9.76. The van der Waals surface area contributed by atoms with Crippen LogP contribution < -0.4 is 9.46 Å². The van der Waals surface area contributed by atoms with E-state index in [2.05, 4.69) is 9.71 Å². The number of hydrogen-bond donors (Lipinski definition) is 2. The molecule has 0 bridgehead atoms. The van der Waals surface area contributed by atoms with E-state index < -0.39 is 16.3 Å². The first-order valence-electron chi connectivity index (χ1n) is 6.70. The number of pyridine rings is 1. The van der Waals surface area contributed by atoms with E-state index in [-0.39, 0.29) is 12.0 Å². The number of rotatable bonds is 6. The second-order valence-corrected chi connectivity index (χ2v) is 7.34. The minimum Gasteiger partial charge on any atom is -0.495 e. The molecule has 1 aliphatic rings. The van der Waals surface area contributed by atoms with Crippen LogP contribution in [0, 0.1) is 5.92 Å². The van der Waals surface area contributed by atoms with Crippen LogP contribution in [0.3, 0.4) is 0 Å². The van der Waals surface area contributed by atoms with Crippen LogP contribution in [0.5, 0.6) is 5.75 Å². The Kier molecular flexibility index (Phi) is 4.82. The van der Waals surface area contributed by atoms with E-state index in [4.69, 9.17) is 4.74 Å². The molecule has 1 heterocycles. The molecule has 2 N–H and O–H groups in total. The summed E-state index contributed by atoms with van der Waals surface area (Å²) in [6.07, 6.45) is 3.96. The van der Waals surface area contributed by atoms with Gasteiger partial charge in [-0.3, -0.25) is 4.98 Å². The fourth-order valence-electron chi connectivity index (χ4n) is 2.32. The molecule has 1 saturated carbocycles. The lowest BCUT2D eigenvalue weighted by molar-refractivity contribution is 0.0277. The van der Waals surface area contributed by atoms with Crippen molar-refractivity contribution in [3.63, 3.8) is 0 Å². The van der Waals surface area contributed by atoms with Crippen molar-refractivity contribution in [2.75, 3.05) is 21.2 Å². The molecule has 1 aliphatic carbocycles. The summed E-state index contributed by atoms with van der Waals surface area (Å²) in [5.41, 5.74) is 0.733. The number of aliphatic hydroxyl groups is 1. The molecule has 2 rings (SSSR count). The zero-order chi connectivity index (χ0) is 15.6. The minimum atomic E-state index is -3.57. The molecule has 1 fully saturated rings. The molecule has 1 aromatic heterocycles. The summed E-state index contributed by atoms with van der Waals surface area (Å²) in [5.74, 6) is 0.616. The van der Waals surface area contributed by atoms with Gasteiger partial charge in [-0.2, -0.15) is 17.4 Å². The van der Waals surface area contributed by atoms with Crippen LogP contribution in [0.4, 0.5) is 0 Å². The molecule has 0 amide bonds. The molecular formula is C13H21N3O4S. The molecule has 0 radical (unpaired) electrons. The van der Waals surface area contributed by atoms with Gasteiger partial charge >= 0.3 is 0 Å². The zero-order valence-electron chi connectivity index (χ0n) is 12.4. The van der Waals surface area contributed by atoms with Gasteiger partial charge in [-0.1, -0.05) is 0 Å². The van der Waals surface area contributed by atoms with Crippen molar-refractivity contribution < 1.29 is 18.3 Å². The molecular weight excluding hydrogens is 294 g/mol. The largest absolute Gasteiger partial charge is 0.495 e. The second-order valence-electron chi connectivity index (χ2n) is 5.43. The summed E-state index contributed by atoms with van der Waals surface area (Å²) in [5, 5.41) is 9.49. The molecule has 1 aromatic rings. The van der Waals surface area contributed by atoms with Crippen molar-refractivity contribution >= 4 is 10.2 Å². The summed E-state index contributed by atoms with van der Waals surface area (Å²) in [6, 6.07) is 1.34. The topological polar surface area (TPSA) is 91.8 Å². The molecule has 1 atom stereocenters. The van der Waals surface area contributed by atoms with Crippen LogP contribution in [0.2, 0.25) is 0 Å². The van der Waals surface area contributed by atoms with Gasteiger partial charge in [-0.25, -0.2) is 0 Å². The van der Waals surface area contributed by atoms with Gasteiger partial charge in [-0.15, -0.1) is 0 Å². The lowest BCUT2D eigenvalue weighted by Gasteiger charge is -2.38. The summed E-state index contributed by atoms with van der Waals surface area (Å²) in [4.78, 5) is 4.08. The van der Waals surface area contributed by atoms with Crippen molar-refractivity contribution in [1.29, 1.82) is 0 Å². The van der Waals surface area contributed by atoms with Crippen LogP contribution >= 0.6 is 0 Å². The number of aromatic nitrogens is 1. The molecule has 0 aliphatic heterocycles. The van der Waals surface area contributed by atoms with Crippen LogP contribution in [0.15, 0.2) is 18.5 Å². The average Bonchev–Trinajstić information content (AvgIpc) is 2.41. The lowest BCUT2D eigenvalue weighted by Crippen LogP contribution is -2.45. The quantitative estimate of drug-likeness (QED) is 0.788. The van der Waals surface area contributed by atoms with Crippen LogP contribution in [-0.4, -0.2) is 50.1 Å². The van der Waals surface area contributed by atoms with Crippen molar-refractivity contribution in [3.8, 4) is 5.75 Å². The van der Waals surface area contributed by atoms with Crippen molar-refractivity contribution in [2.45, 2.75) is 25.0 Å². The van der Waals surface area contributed by atoms with E-state index in [0.29, 0.717) is 18.6 Å². The molecule has 21 heavy (non-hydrogen) atoms. The van der Waals surface area contributed by atoms with Gasteiger partial charge in [0.25, 0.3) is 10.2 Å². The normalized spacial score (nSPS) is 23.7.